The molecule has 1 atom stereocenters. The van der Waals surface area contributed by atoms with E-state index in [9.17, 15) is 13.6 Å². The minimum atomic E-state index is -2.85. The summed E-state index contributed by atoms with van der Waals surface area (Å²) < 4.78 is 28.3. The number of rotatable bonds is 4. The lowest BCUT2D eigenvalue weighted by atomic mass is 10.1. The normalized spacial score (nSPS) is 18.6. The van der Waals surface area contributed by atoms with E-state index in [0.717, 1.165) is 19.5 Å². The SMILES string of the molecule is CN(C(=O)c1ccc(OC(F)F)cc1)[C@@H]1CCNC1. The molecule has 1 fully saturated rings. The van der Waals surface area contributed by atoms with Crippen LogP contribution in [0.25, 0.3) is 0 Å². The standard InChI is InChI=1S/C13H16F2N2O2/c1-17(10-6-7-16-8-10)12(18)9-2-4-11(5-3-9)19-13(14)15/h2-5,10,13,16H,6-8H2,1H3/t10-/m1/s1. The number of benzene rings is 1. The highest BCUT2D eigenvalue weighted by Gasteiger charge is 2.23. The van der Waals surface area contributed by atoms with Crippen molar-refractivity contribution in [1.82, 2.24) is 10.2 Å². The first-order chi connectivity index (χ1) is 9.08. The number of likely N-dealkylation sites (N-methyl/N-ethyl adjacent to an activating group) is 1. The van der Waals surface area contributed by atoms with Gasteiger partial charge in [-0.3, -0.25) is 4.79 Å². The molecule has 6 heteroatoms. The van der Waals surface area contributed by atoms with Crippen LogP contribution in [0.5, 0.6) is 5.75 Å². The molecule has 1 saturated heterocycles. The van der Waals surface area contributed by atoms with Gasteiger partial charge in [-0.15, -0.1) is 0 Å². The molecular weight excluding hydrogens is 254 g/mol. The van der Waals surface area contributed by atoms with Crippen molar-refractivity contribution in [3.63, 3.8) is 0 Å². The Balaban J connectivity index is 2.02. The van der Waals surface area contributed by atoms with E-state index < -0.39 is 6.61 Å². The van der Waals surface area contributed by atoms with Crippen molar-refractivity contribution in [2.75, 3.05) is 20.1 Å². The first kappa shape index (κ1) is 13.7. The Morgan fingerprint density at radius 1 is 1.42 bits per heavy atom. The van der Waals surface area contributed by atoms with Crippen molar-refractivity contribution in [2.24, 2.45) is 0 Å². The van der Waals surface area contributed by atoms with Crippen molar-refractivity contribution in [3.8, 4) is 5.75 Å². The van der Waals surface area contributed by atoms with Crippen molar-refractivity contribution < 1.29 is 18.3 Å². The number of hydrogen-bond acceptors (Lipinski definition) is 3. The molecule has 1 aromatic carbocycles. The van der Waals surface area contributed by atoms with Gasteiger partial charge in [-0.25, -0.2) is 0 Å². The summed E-state index contributed by atoms with van der Waals surface area (Å²) in [6.07, 6.45) is 0.925. The van der Waals surface area contributed by atoms with Crippen molar-refractivity contribution >= 4 is 5.91 Å². The van der Waals surface area contributed by atoms with Gasteiger partial charge in [-0.1, -0.05) is 0 Å². The summed E-state index contributed by atoms with van der Waals surface area (Å²) in [4.78, 5) is 13.9. The number of nitrogens with zero attached hydrogens (tertiary/aromatic N) is 1. The number of amides is 1. The van der Waals surface area contributed by atoms with Crippen LogP contribution >= 0.6 is 0 Å². The Labute approximate surface area is 110 Å². The van der Waals surface area contributed by atoms with Gasteiger partial charge in [0.05, 0.1) is 0 Å². The molecule has 104 valence electrons. The highest BCUT2D eigenvalue weighted by atomic mass is 19.3. The number of ether oxygens (including phenoxy) is 1. The molecule has 1 aliphatic rings. The molecule has 0 aliphatic carbocycles. The summed E-state index contributed by atoms with van der Waals surface area (Å²) in [6.45, 7) is -1.16. The maximum Gasteiger partial charge on any atom is 0.387 e. The lowest BCUT2D eigenvalue weighted by Crippen LogP contribution is -2.38. The molecule has 1 aliphatic heterocycles. The van der Waals surface area contributed by atoms with Crippen molar-refractivity contribution in [1.29, 1.82) is 0 Å². The summed E-state index contributed by atoms with van der Waals surface area (Å²) in [5.41, 5.74) is 0.469. The van der Waals surface area contributed by atoms with Gasteiger partial charge in [-0.2, -0.15) is 8.78 Å². The Kier molecular flexibility index (Phi) is 4.31. The van der Waals surface area contributed by atoms with Gasteiger partial charge in [-0.05, 0) is 37.2 Å². The molecule has 0 unspecified atom stereocenters. The molecule has 0 radical (unpaired) electrons. The van der Waals surface area contributed by atoms with E-state index in [0.29, 0.717) is 5.56 Å². The monoisotopic (exact) mass is 270 g/mol. The minimum absolute atomic E-state index is 0.0525. The van der Waals surface area contributed by atoms with Crippen LogP contribution in [0.15, 0.2) is 24.3 Å². The number of hydrogen-bond donors (Lipinski definition) is 1. The Bertz CT molecular complexity index is 431. The van der Waals surface area contributed by atoms with E-state index in [4.69, 9.17) is 0 Å². The van der Waals surface area contributed by atoms with E-state index in [2.05, 4.69) is 10.1 Å². The summed E-state index contributed by atoms with van der Waals surface area (Å²) in [5, 5.41) is 3.19. The predicted octanol–water partition coefficient (Wildman–Crippen LogP) is 1.72. The van der Waals surface area contributed by atoms with Crippen LogP contribution in [-0.2, 0) is 0 Å². The predicted molar refractivity (Wildman–Crippen MR) is 66.4 cm³/mol. The van der Waals surface area contributed by atoms with Crippen LogP contribution in [0.1, 0.15) is 16.8 Å². The van der Waals surface area contributed by atoms with Gasteiger partial charge in [0.2, 0.25) is 0 Å². The second-order valence-corrected chi connectivity index (χ2v) is 4.47. The minimum Gasteiger partial charge on any atom is -0.435 e. The smallest absolute Gasteiger partial charge is 0.387 e. The molecule has 19 heavy (non-hydrogen) atoms. The molecule has 0 bridgehead atoms. The van der Waals surface area contributed by atoms with Crippen LogP contribution in [0.3, 0.4) is 0 Å². The van der Waals surface area contributed by atoms with Gasteiger partial charge < -0.3 is 15.0 Å². The summed E-state index contributed by atoms with van der Waals surface area (Å²) in [5.74, 6) is -0.0611. The third-order valence-electron chi connectivity index (χ3n) is 3.23. The quantitative estimate of drug-likeness (QED) is 0.905. The molecule has 2 rings (SSSR count). The van der Waals surface area contributed by atoms with E-state index in [1.165, 1.54) is 24.3 Å². The fourth-order valence-electron chi connectivity index (χ4n) is 2.12. The first-order valence-corrected chi connectivity index (χ1v) is 6.10. The zero-order valence-corrected chi connectivity index (χ0v) is 10.6. The second kappa shape index (κ2) is 5.97. The zero-order valence-electron chi connectivity index (χ0n) is 10.6. The largest absolute Gasteiger partial charge is 0.435 e. The topological polar surface area (TPSA) is 41.6 Å². The van der Waals surface area contributed by atoms with E-state index in [1.807, 2.05) is 0 Å². The molecular formula is C13H16F2N2O2. The molecule has 1 amide bonds. The molecule has 4 nitrogen and oxygen atoms in total. The van der Waals surface area contributed by atoms with Gasteiger partial charge in [0, 0.05) is 25.2 Å². The summed E-state index contributed by atoms with van der Waals surface area (Å²) in [6, 6.07) is 5.93. The lowest BCUT2D eigenvalue weighted by molar-refractivity contribution is -0.0498. The third kappa shape index (κ3) is 3.41. The maximum absolute atomic E-state index is 12.2. The average Bonchev–Trinajstić information content (AvgIpc) is 2.91. The van der Waals surface area contributed by atoms with E-state index in [1.54, 1.807) is 11.9 Å². The van der Waals surface area contributed by atoms with Crippen LogP contribution in [0.2, 0.25) is 0 Å². The fraction of sp³-hybridized carbons (Fsp3) is 0.462. The van der Waals surface area contributed by atoms with Gasteiger partial charge in [0.25, 0.3) is 5.91 Å². The zero-order chi connectivity index (χ0) is 13.8. The number of nitrogens with one attached hydrogen (secondary N) is 1. The molecule has 0 saturated carbocycles. The average molecular weight is 270 g/mol. The highest BCUT2D eigenvalue weighted by Crippen LogP contribution is 2.17. The Morgan fingerprint density at radius 2 is 2.11 bits per heavy atom. The number of halogens is 2. The fourth-order valence-corrected chi connectivity index (χ4v) is 2.12. The number of carbonyl (C=O) groups excluding carboxylic acids is 1. The van der Waals surface area contributed by atoms with Crippen molar-refractivity contribution in [2.45, 2.75) is 19.1 Å². The summed E-state index contributed by atoms with van der Waals surface area (Å²) in [7, 11) is 1.75. The Morgan fingerprint density at radius 3 is 2.63 bits per heavy atom. The van der Waals surface area contributed by atoms with E-state index in [-0.39, 0.29) is 17.7 Å². The van der Waals surface area contributed by atoms with Gasteiger partial charge in [0.15, 0.2) is 0 Å². The Hall–Kier alpha value is -1.69. The first-order valence-electron chi connectivity index (χ1n) is 6.10. The van der Waals surface area contributed by atoms with Crippen LogP contribution in [-0.4, -0.2) is 43.6 Å². The van der Waals surface area contributed by atoms with Crippen LogP contribution in [0.4, 0.5) is 8.78 Å². The molecule has 1 N–H and O–H groups in total. The van der Waals surface area contributed by atoms with Crippen LogP contribution < -0.4 is 10.1 Å². The van der Waals surface area contributed by atoms with Crippen LogP contribution in [0, 0.1) is 0 Å². The summed E-state index contributed by atoms with van der Waals surface area (Å²) >= 11 is 0. The lowest BCUT2D eigenvalue weighted by Gasteiger charge is -2.23. The number of alkyl halides is 2. The van der Waals surface area contributed by atoms with Gasteiger partial charge >= 0.3 is 6.61 Å². The molecule has 1 aromatic rings. The third-order valence-corrected chi connectivity index (χ3v) is 3.23. The van der Waals surface area contributed by atoms with E-state index >= 15 is 0 Å². The van der Waals surface area contributed by atoms with Gasteiger partial charge in [0.1, 0.15) is 5.75 Å². The number of carbonyl (C=O) groups is 1. The second-order valence-electron chi connectivity index (χ2n) is 4.47. The highest BCUT2D eigenvalue weighted by molar-refractivity contribution is 5.94. The maximum atomic E-state index is 12.2. The molecule has 0 aromatic heterocycles. The molecule has 1 heterocycles. The van der Waals surface area contributed by atoms with Crippen molar-refractivity contribution in [3.05, 3.63) is 29.8 Å². The molecule has 0 spiro atoms.